The first-order valence-corrected chi connectivity index (χ1v) is 10.3. The standard InChI is InChI=1S/C24H21N3O2/c28-23-20-19-11-6-14-26(19)22(18-13-12-15-7-4-5-10-17(15)25-18)21(20)24(29)27(23)16-8-2-1-3-9-16/h1-5,7-10,12-13,19-22H,6,11,14H2/t19-,20-,21-,22+/m0/s1. The van der Waals surface area contributed by atoms with E-state index >= 15 is 0 Å². The monoisotopic (exact) mass is 383 g/mol. The molecular weight excluding hydrogens is 362 g/mol. The fourth-order valence-electron chi connectivity index (χ4n) is 5.63. The largest absolute Gasteiger partial charge is 0.290 e. The molecule has 0 saturated carbocycles. The third-order valence-corrected chi connectivity index (χ3v) is 6.79. The summed E-state index contributed by atoms with van der Waals surface area (Å²) in [5.74, 6) is -0.767. The van der Waals surface area contributed by atoms with Crippen LogP contribution in [0.1, 0.15) is 24.6 Å². The average Bonchev–Trinajstić information content (AvgIpc) is 3.40. The first kappa shape index (κ1) is 16.9. The summed E-state index contributed by atoms with van der Waals surface area (Å²) in [5.41, 5.74) is 2.51. The number of para-hydroxylation sites is 2. The van der Waals surface area contributed by atoms with Crippen LogP contribution in [0.4, 0.5) is 5.69 Å². The van der Waals surface area contributed by atoms with E-state index in [4.69, 9.17) is 4.98 Å². The number of hydrogen-bond acceptors (Lipinski definition) is 4. The number of carbonyl (C=O) groups is 2. The minimum absolute atomic E-state index is 0.0496. The second-order valence-electron chi connectivity index (χ2n) is 8.22. The van der Waals surface area contributed by atoms with Gasteiger partial charge in [0.15, 0.2) is 0 Å². The van der Waals surface area contributed by atoms with Gasteiger partial charge in [-0.2, -0.15) is 0 Å². The lowest BCUT2D eigenvalue weighted by Gasteiger charge is -2.28. The van der Waals surface area contributed by atoms with E-state index in [1.54, 1.807) is 0 Å². The van der Waals surface area contributed by atoms with Gasteiger partial charge in [0.2, 0.25) is 11.8 Å². The maximum atomic E-state index is 13.5. The van der Waals surface area contributed by atoms with Crippen LogP contribution in [0.5, 0.6) is 0 Å². The molecule has 4 atom stereocenters. The smallest absolute Gasteiger partial charge is 0.239 e. The van der Waals surface area contributed by atoms with Crippen LogP contribution in [0.3, 0.4) is 0 Å². The van der Waals surface area contributed by atoms with Gasteiger partial charge in [-0.15, -0.1) is 0 Å². The molecular formula is C24H21N3O2. The van der Waals surface area contributed by atoms with E-state index < -0.39 is 0 Å². The van der Waals surface area contributed by atoms with E-state index in [-0.39, 0.29) is 35.7 Å². The second-order valence-corrected chi connectivity index (χ2v) is 8.22. The lowest BCUT2D eigenvalue weighted by Crippen LogP contribution is -2.39. The van der Waals surface area contributed by atoms with Crippen LogP contribution in [0, 0.1) is 11.8 Å². The maximum Gasteiger partial charge on any atom is 0.239 e. The molecule has 0 aliphatic carbocycles. The Balaban J connectivity index is 1.46. The lowest BCUT2D eigenvalue weighted by molar-refractivity contribution is -0.123. The molecule has 3 aliphatic rings. The molecule has 1 aromatic heterocycles. The minimum atomic E-state index is -0.360. The number of hydrogen-bond donors (Lipinski definition) is 0. The molecule has 3 aliphatic heterocycles. The minimum Gasteiger partial charge on any atom is -0.290 e. The molecule has 0 unspecified atom stereocenters. The van der Waals surface area contributed by atoms with E-state index in [0.29, 0.717) is 5.69 Å². The van der Waals surface area contributed by atoms with Crippen molar-refractivity contribution in [1.29, 1.82) is 0 Å². The normalized spacial score (nSPS) is 28.9. The van der Waals surface area contributed by atoms with Crippen LogP contribution in [0.25, 0.3) is 10.9 Å². The molecule has 0 spiro atoms. The third kappa shape index (κ3) is 2.34. The van der Waals surface area contributed by atoms with Crippen molar-refractivity contribution in [3.05, 3.63) is 72.4 Å². The number of rotatable bonds is 2. The van der Waals surface area contributed by atoms with Crippen molar-refractivity contribution in [2.45, 2.75) is 24.9 Å². The topological polar surface area (TPSA) is 53.5 Å². The van der Waals surface area contributed by atoms with Crippen molar-refractivity contribution < 1.29 is 9.59 Å². The Morgan fingerprint density at radius 3 is 2.45 bits per heavy atom. The number of amides is 2. The van der Waals surface area contributed by atoms with Crippen molar-refractivity contribution in [2.75, 3.05) is 11.4 Å². The van der Waals surface area contributed by atoms with Gasteiger partial charge in [-0.3, -0.25) is 19.5 Å². The van der Waals surface area contributed by atoms with Crippen LogP contribution in [0.2, 0.25) is 0 Å². The van der Waals surface area contributed by atoms with Gasteiger partial charge in [-0.05, 0) is 43.7 Å². The molecule has 3 saturated heterocycles. The maximum absolute atomic E-state index is 13.5. The van der Waals surface area contributed by atoms with Gasteiger partial charge < -0.3 is 0 Å². The Kier molecular flexibility index (Phi) is 3.62. The van der Waals surface area contributed by atoms with Crippen molar-refractivity contribution in [2.24, 2.45) is 11.8 Å². The number of anilines is 1. The number of imide groups is 1. The molecule has 5 heteroatoms. The highest BCUT2D eigenvalue weighted by atomic mass is 16.2. The highest BCUT2D eigenvalue weighted by Crippen LogP contribution is 2.53. The zero-order valence-electron chi connectivity index (χ0n) is 15.9. The van der Waals surface area contributed by atoms with Crippen LogP contribution in [-0.4, -0.2) is 34.3 Å². The molecule has 3 aromatic rings. The third-order valence-electron chi connectivity index (χ3n) is 6.79. The Labute approximate surface area is 168 Å². The van der Waals surface area contributed by atoms with Gasteiger partial charge in [-0.1, -0.05) is 42.5 Å². The highest BCUT2D eigenvalue weighted by Gasteiger charge is 2.63. The average molecular weight is 383 g/mol. The molecule has 4 heterocycles. The SMILES string of the molecule is O=C1[C@@H]2[C@H](C(=O)N1c1ccccc1)[C@@H](c1ccc3ccccc3n1)N1CCC[C@@H]21. The lowest BCUT2D eigenvalue weighted by atomic mass is 9.86. The number of carbonyl (C=O) groups excluding carboxylic acids is 2. The summed E-state index contributed by atoms with van der Waals surface area (Å²) in [6.45, 7) is 0.919. The Morgan fingerprint density at radius 1 is 0.828 bits per heavy atom. The van der Waals surface area contributed by atoms with E-state index in [0.717, 1.165) is 36.0 Å². The van der Waals surface area contributed by atoms with Gasteiger partial charge in [0.05, 0.1) is 34.8 Å². The van der Waals surface area contributed by atoms with Gasteiger partial charge in [0.25, 0.3) is 0 Å². The first-order chi connectivity index (χ1) is 14.2. The quantitative estimate of drug-likeness (QED) is 0.635. The summed E-state index contributed by atoms with van der Waals surface area (Å²) in [6.07, 6.45) is 2.03. The van der Waals surface area contributed by atoms with Crippen molar-refractivity contribution in [3.63, 3.8) is 0 Å². The summed E-state index contributed by atoms with van der Waals surface area (Å²) in [4.78, 5) is 35.6. The zero-order valence-corrected chi connectivity index (χ0v) is 15.9. The summed E-state index contributed by atoms with van der Waals surface area (Å²) < 4.78 is 0. The first-order valence-electron chi connectivity index (χ1n) is 10.3. The summed E-state index contributed by atoms with van der Waals surface area (Å²) in [7, 11) is 0. The zero-order chi connectivity index (χ0) is 19.5. The number of nitrogens with zero attached hydrogens (tertiary/aromatic N) is 3. The summed E-state index contributed by atoms with van der Waals surface area (Å²) >= 11 is 0. The summed E-state index contributed by atoms with van der Waals surface area (Å²) in [5, 5.41) is 1.09. The molecule has 0 bridgehead atoms. The van der Waals surface area contributed by atoms with E-state index in [1.165, 1.54) is 4.90 Å². The van der Waals surface area contributed by atoms with E-state index in [9.17, 15) is 9.59 Å². The molecule has 2 aromatic carbocycles. The highest BCUT2D eigenvalue weighted by molar-refractivity contribution is 6.22. The molecule has 0 radical (unpaired) electrons. The van der Waals surface area contributed by atoms with Crippen LogP contribution >= 0.6 is 0 Å². The molecule has 144 valence electrons. The fourth-order valence-corrected chi connectivity index (χ4v) is 5.63. The number of pyridine rings is 1. The van der Waals surface area contributed by atoms with Gasteiger partial charge in [-0.25, -0.2) is 4.90 Å². The van der Waals surface area contributed by atoms with Crippen molar-refractivity contribution in [3.8, 4) is 0 Å². The van der Waals surface area contributed by atoms with Crippen molar-refractivity contribution >= 4 is 28.4 Å². The van der Waals surface area contributed by atoms with E-state index in [1.807, 2.05) is 60.7 Å². The molecule has 0 N–H and O–H groups in total. The summed E-state index contributed by atoms with van der Waals surface area (Å²) in [6, 6.07) is 21.5. The van der Waals surface area contributed by atoms with Gasteiger partial charge >= 0.3 is 0 Å². The van der Waals surface area contributed by atoms with E-state index in [2.05, 4.69) is 11.0 Å². The van der Waals surface area contributed by atoms with Crippen molar-refractivity contribution in [1.82, 2.24) is 9.88 Å². The molecule has 5 nitrogen and oxygen atoms in total. The van der Waals surface area contributed by atoms with Gasteiger partial charge in [0.1, 0.15) is 0 Å². The molecule has 6 rings (SSSR count). The van der Waals surface area contributed by atoms with Crippen LogP contribution in [-0.2, 0) is 9.59 Å². The predicted octanol–water partition coefficient (Wildman–Crippen LogP) is 3.56. The van der Waals surface area contributed by atoms with Crippen LogP contribution < -0.4 is 4.90 Å². The number of fused-ring (bicyclic) bond motifs is 4. The number of benzene rings is 2. The second kappa shape index (κ2) is 6.22. The Morgan fingerprint density at radius 2 is 1.59 bits per heavy atom. The Hall–Kier alpha value is -3.05. The molecule has 29 heavy (non-hydrogen) atoms. The molecule has 3 fully saturated rings. The van der Waals surface area contributed by atoms with Gasteiger partial charge in [0, 0.05) is 11.4 Å². The predicted molar refractivity (Wildman–Crippen MR) is 110 cm³/mol. The van der Waals surface area contributed by atoms with Crippen LogP contribution in [0.15, 0.2) is 66.7 Å². The fraction of sp³-hybridized carbons (Fsp3) is 0.292. The molecule has 2 amide bonds. The Bertz CT molecular complexity index is 1130. The number of aromatic nitrogens is 1.